The quantitative estimate of drug-likeness (QED) is 0.698. The van der Waals surface area contributed by atoms with E-state index in [9.17, 15) is 4.79 Å². The number of nitrogens with one attached hydrogen (secondary N) is 2. The largest absolute Gasteiger partial charge is 0.368 e. The van der Waals surface area contributed by atoms with Gasteiger partial charge in [0, 0.05) is 37.6 Å². The Hall–Kier alpha value is -3.54. The highest BCUT2D eigenvalue weighted by Crippen LogP contribution is 2.21. The summed E-state index contributed by atoms with van der Waals surface area (Å²) in [5.41, 5.74) is 3.98. The Balaban J connectivity index is 1.31. The molecule has 2 amide bonds. The van der Waals surface area contributed by atoms with Crippen LogP contribution >= 0.6 is 0 Å². The van der Waals surface area contributed by atoms with Crippen LogP contribution in [0.2, 0.25) is 0 Å². The van der Waals surface area contributed by atoms with Crippen molar-refractivity contribution < 1.29 is 4.79 Å². The third-order valence-electron chi connectivity index (χ3n) is 5.01. The molecule has 0 saturated carbocycles. The molecule has 148 valence electrons. The Labute approximate surface area is 171 Å². The zero-order chi connectivity index (χ0) is 20.1. The minimum Gasteiger partial charge on any atom is -0.368 e. The van der Waals surface area contributed by atoms with Crippen molar-refractivity contribution in [3.8, 4) is 0 Å². The van der Waals surface area contributed by atoms with E-state index in [-0.39, 0.29) is 6.03 Å². The number of rotatable bonds is 4. The first-order chi connectivity index (χ1) is 14.2. The van der Waals surface area contributed by atoms with Gasteiger partial charge in [0.15, 0.2) is 0 Å². The molecule has 0 unspecified atom stereocenters. The maximum absolute atomic E-state index is 12.1. The molecule has 6 nitrogen and oxygen atoms in total. The van der Waals surface area contributed by atoms with Gasteiger partial charge in [-0.25, -0.2) is 9.78 Å². The topological polar surface area (TPSA) is 60.5 Å². The third-order valence-corrected chi connectivity index (χ3v) is 5.01. The number of anilines is 4. The van der Waals surface area contributed by atoms with E-state index in [0.29, 0.717) is 5.69 Å². The molecule has 0 radical (unpaired) electrons. The molecule has 3 aromatic rings. The van der Waals surface area contributed by atoms with Crippen LogP contribution in [0.25, 0.3) is 0 Å². The highest BCUT2D eigenvalue weighted by Gasteiger charge is 2.18. The predicted molar refractivity (Wildman–Crippen MR) is 119 cm³/mol. The minimum atomic E-state index is -0.280. The number of urea groups is 1. The molecule has 1 saturated heterocycles. The fourth-order valence-corrected chi connectivity index (χ4v) is 3.48. The van der Waals surface area contributed by atoms with Crippen LogP contribution in [-0.2, 0) is 0 Å². The van der Waals surface area contributed by atoms with Crippen LogP contribution in [0.3, 0.4) is 0 Å². The van der Waals surface area contributed by atoms with Gasteiger partial charge in [-0.15, -0.1) is 0 Å². The van der Waals surface area contributed by atoms with Crippen molar-refractivity contribution >= 4 is 28.9 Å². The zero-order valence-electron chi connectivity index (χ0n) is 16.5. The highest BCUT2D eigenvalue weighted by atomic mass is 16.2. The molecule has 2 aromatic carbocycles. The number of amides is 2. The molecule has 0 atom stereocenters. The van der Waals surface area contributed by atoms with Crippen molar-refractivity contribution in [3.63, 3.8) is 0 Å². The van der Waals surface area contributed by atoms with Gasteiger partial charge in [0.1, 0.15) is 5.82 Å². The Bertz CT molecular complexity index is 951. The Morgan fingerprint density at radius 3 is 2.24 bits per heavy atom. The molecule has 4 rings (SSSR count). The van der Waals surface area contributed by atoms with Crippen molar-refractivity contribution in [1.29, 1.82) is 0 Å². The molecule has 1 aliphatic heterocycles. The number of carbonyl (C=O) groups is 1. The lowest BCUT2D eigenvalue weighted by molar-refractivity contribution is 0.262. The van der Waals surface area contributed by atoms with Crippen molar-refractivity contribution in [3.05, 3.63) is 78.5 Å². The maximum atomic E-state index is 12.1. The number of hydrogen-bond acceptors (Lipinski definition) is 4. The van der Waals surface area contributed by atoms with E-state index < -0.39 is 0 Å². The number of carbonyl (C=O) groups excluding carboxylic acids is 1. The first-order valence-corrected chi connectivity index (χ1v) is 9.83. The minimum absolute atomic E-state index is 0.280. The second-order valence-corrected chi connectivity index (χ2v) is 7.16. The van der Waals surface area contributed by atoms with Gasteiger partial charge in [0.25, 0.3) is 0 Å². The monoisotopic (exact) mass is 387 g/mol. The Morgan fingerprint density at radius 1 is 0.828 bits per heavy atom. The molecule has 0 spiro atoms. The number of nitrogens with zero attached hydrogens (tertiary/aromatic N) is 3. The molecule has 29 heavy (non-hydrogen) atoms. The lowest BCUT2D eigenvalue weighted by Crippen LogP contribution is -2.46. The summed E-state index contributed by atoms with van der Waals surface area (Å²) in [5.74, 6) is 0.933. The van der Waals surface area contributed by atoms with E-state index in [0.717, 1.165) is 37.7 Å². The molecule has 6 heteroatoms. The summed E-state index contributed by atoms with van der Waals surface area (Å²) in [4.78, 5) is 21.3. The Kier molecular flexibility index (Phi) is 5.61. The van der Waals surface area contributed by atoms with Crippen LogP contribution in [-0.4, -0.2) is 37.2 Å². The van der Waals surface area contributed by atoms with E-state index in [1.807, 2.05) is 42.5 Å². The number of pyridine rings is 1. The normalized spacial score (nSPS) is 13.8. The second-order valence-electron chi connectivity index (χ2n) is 7.16. The van der Waals surface area contributed by atoms with Crippen molar-refractivity contribution in [2.45, 2.75) is 6.92 Å². The summed E-state index contributed by atoms with van der Waals surface area (Å²) >= 11 is 0. The number of para-hydroxylation sites is 1. The third kappa shape index (κ3) is 4.85. The number of benzene rings is 2. The summed E-state index contributed by atoms with van der Waals surface area (Å²) in [7, 11) is 0. The van der Waals surface area contributed by atoms with E-state index in [4.69, 9.17) is 0 Å². The zero-order valence-corrected chi connectivity index (χ0v) is 16.5. The van der Waals surface area contributed by atoms with Gasteiger partial charge in [-0.1, -0.05) is 30.3 Å². The summed E-state index contributed by atoms with van der Waals surface area (Å²) in [6, 6.07) is 21.6. The van der Waals surface area contributed by atoms with Crippen LogP contribution in [0.1, 0.15) is 5.56 Å². The first kappa shape index (κ1) is 18.8. The van der Waals surface area contributed by atoms with E-state index >= 15 is 0 Å². The van der Waals surface area contributed by atoms with E-state index in [2.05, 4.69) is 56.6 Å². The molecule has 1 aromatic heterocycles. The number of hydrogen-bond donors (Lipinski definition) is 2. The Morgan fingerprint density at radius 2 is 1.55 bits per heavy atom. The van der Waals surface area contributed by atoms with Gasteiger partial charge in [0.05, 0.1) is 11.9 Å². The van der Waals surface area contributed by atoms with Crippen LogP contribution in [0.4, 0.5) is 27.7 Å². The lowest BCUT2D eigenvalue weighted by atomic mass is 10.2. The molecule has 1 aliphatic rings. The fourth-order valence-electron chi connectivity index (χ4n) is 3.48. The SMILES string of the molecule is Cc1cccc(N2CCN(c3ccc(NC(=O)Nc4ccccc4)cn3)CC2)c1. The van der Waals surface area contributed by atoms with Gasteiger partial charge in [0.2, 0.25) is 0 Å². The summed E-state index contributed by atoms with van der Waals surface area (Å²) in [6.07, 6.45) is 1.70. The van der Waals surface area contributed by atoms with Gasteiger partial charge in [-0.2, -0.15) is 0 Å². The average molecular weight is 387 g/mol. The average Bonchev–Trinajstić information content (AvgIpc) is 2.75. The molecule has 1 fully saturated rings. The number of aromatic nitrogens is 1. The van der Waals surface area contributed by atoms with Crippen molar-refractivity contribution in [2.24, 2.45) is 0 Å². The molecule has 0 aliphatic carbocycles. The molecule has 2 heterocycles. The van der Waals surface area contributed by atoms with Crippen LogP contribution in [0, 0.1) is 6.92 Å². The predicted octanol–water partition coefficient (Wildman–Crippen LogP) is 4.36. The van der Waals surface area contributed by atoms with Crippen LogP contribution in [0.15, 0.2) is 72.9 Å². The van der Waals surface area contributed by atoms with Crippen LogP contribution < -0.4 is 20.4 Å². The fraction of sp³-hybridized carbons (Fsp3) is 0.217. The van der Waals surface area contributed by atoms with E-state index in [1.54, 1.807) is 6.20 Å². The van der Waals surface area contributed by atoms with Crippen LogP contribution in [0.5, 0.6) is 0 Å². The van der Waals surface area contributed by atoms with Gasteiger partial charge in [-0.05, 0) is 48.9 Å². The second kappa shape index (κ2) is 8.65. The standard InChI is InChI=1S/C23H25N5O/c1-18-6-5-9-21(16-18)27-12-14-28(15-13-27)22-11-10-20(17-24-22)26-23(29)25-19-7-3-2-4-8-19/h2-11,16-17H,12-15H2,1H3,(H2,25,26,29). The summed E-state index contributed by atoms with van der Waals surface area (Å²) < 4.78 is 0. The van der Waals surface area contributed by atoms with Gasteiger partial charge < -0.3 is 20.4 Å². The summed E-state index contributed by atoms with van der Waals surface area (Å²) in [6.45, 7) is 5.89. The summed E-state index contributed by atoms with van der Waals surface area (Å²) in [5, 5.41) is 5.61. The molecule has 0 bridgehead atoms. The lowest BCUT2D eigenvalue weighted by Gasteiger charge is -2.36. The van der Waals surface area contributed by atoms with Crippen molar-refractivity contribution in [2.75, 3.05) is 46.6 Å². The first-order valence-electron chi connectivity index (χ1n) is 9.83. The number of piperazine rings is 1. The molecular formula is C23H25N5O. The van der Waals surface area contributed by atoms with Crippen molar-refractivity contribution in [1.82, 2.24) is 4.98 Å². The smallest absolute Gasteiger partial charge is 0.323 e. The number of aryl methyl sites for hydroxylation is 1. The highest BCUT2D eigenvalue weighted by molar-refractivity contribution is 5.99. The van der Waals surface area contributed by atoms with Gasteiger partial charge in [-0.3, -0.25) is 0 Å². The maximum Gasteiger partial charge on any atom is 0.323 e. The molecule has 2 N–H and O–H groups in total. The van der Waals surface area contributed by atoms with E-state index in [1.165, 1.54) is 11.3 Å². The molecular weight excluding hydrogens is 362 g/mol. The van der Waals surface area contributed by atoms with Gasteiger partial charge >= 0.3 is 6.03 Å².